The lowest BCUT2D eigenvalue weighted by molar-refractivity contribution is 0.0785. The van der Waals surface area contributed by atoms with Crippen LogP contribution in [0.2, 0.25) is 0 Å². The SMILES string of the molecule is Cn1cc(C(=O)N2CC[C@H](N)C2)nn1. The highest BCUT2D eigenvalue weighted by Gasteiger charge is 2.25. The summed E-state index contributed by atoms with van der Waals surface area (Å²) >= 11 is 0. The van der Waals surface area contributed by atoms with Crippen LogP contribution >= 0.6 is 0 Å². The first kappa shape index (κ1) is 9.14. The lowest BCUT2D eigenvalue weighted by Crippen LogP contribution is -2.32. The van der Waals surface area contributed by atoms with Gasteiger partial charge in [-0.15, -0.1) is 5.10 Å². The summed E-state index contributed by atoms with van der Waals surface area (Å²) in [6, 6.07) is 0.107. The molecule has 1 saturated heterocycles. The number of aromatic nitrogens is 3. The van der Waals surface area contributed by atoms with E-state index in [9.17, 15) is 4.79 Å². The molecule has 1 atom stereocenters. The van der Waals surface area contributed by atoms with Crippen molar-refractivity contribution in [2.24, 2.45) is 12.8 Å². The largest absolute Gasteiger partial charge is 0.336 e. The van der Waals surface area contributed by atoms with Gasteiger partial charge in [-0.1, -0.05) is 5.21 Å². The van der Waals surface area contributed by atoms with Crippen LogP contribution < -0.4 is 5.73 Å². The molecule has 6 nitrogen and oxygen atoms in total. The van der Waals surface area contributed by atoms with E-state index < -0.39 is 0 Å². The number of rotatable bonds is 1. The molecule has 1 aromatic rings. The van der Waals surface area contributed by atoms with Gasteiger partial charge in [-0.25, -0.2) is 0 Å². The highest BCUT2D eigenvalue weighted by atomic mass is 16.2. The lowest BCUT2D eigenvalue weighted by atomic mass is 10.3. The van der Waals surface area contributed by atoms with Crippen molar-refractivity contribution in [2.45, 2.75) is 12.5 Å². The number of hydrogen-bond donors (Lipinski definition) is 1. The van der Waals surface area contributed by atoms with E-state index >= 15 is 0 Å². The fourth-order valence-electron chi connectivity index (χ4n) is 1.58. The minimum atomic E-state index is -0.0777. The molecule has 76 valence electrons. The Bertz CT molecular complexity index is 347. The van der Waals surface area contributed by atoms with Gasteiger partial charge in [-0.05, 0) is 6.42 Å². The van der Waals surface area contributed by atoms with Crippen molar-refractivity contribution in [3.8, 4) is 0 Å². The molecule has 0 spiro atoms. The standard InChI is InChI=1S/C8H13N5O/c1-12-5-7(10-11-12)8(14)13-3-2-6(9)4-13/h5-6H,2-4,9H2,1H3/t6-/m0/s1. The van der Waals surface area contributed by atoms with Gasteiger partial charge in [-0.3, -0.25) is 9.48 Å². The van der Waals surface area contributed by atoms with Crippen molar-refractivity contribution in [2.75, 3.05) is 13.1 Å². The van der Waals surface area contributed by atoms with Crippen molar-refractivity contribution in [1.29, 1.82) is 0 Å². The highest BCUT2D eigenvalue weighted by Crippen LogP contribution is 2.10. The van der Waals surface area contributed by atoms with E-state index in [1.807, 2.05) is 0 Å². The van der Waals surface area contributed by atoms with Gasteiger partial charge in [-0.2, -0.15) is 0 Å². The van der Waals surface area contributed by atoms with Gasteiger partial charge < -0.3 is 10.6 Å². The molecule has 1 aliphatic heterocycles. The summed E-state index contributed by atoms with van der Waals surface area (Å²) in [5.74, 6) is -0.0777. The maximum atomic E-state index is 11.8. The molecular formula is C8H13N5O. The summed E-state index contributed by atoms with van der Waals surface area (Å²) in [7, 11) is 1.74. The van der Waals surface area contributed by atoms with Gasteiger partial charge in [0.2, 0.25) is 0 Å². The normalized spacial score (nSPS) is 21.6. The van der Waals surface area contributed by atoms with Crippen LogP contribution in [0.15, 0.2) is 6.20 Å². The molecule has 1 aliphatic rings. The second-order valence-corrected chi connectivity index (χ2v) is 3.58. The fraction of sp³-hybridized carbons (Fsp3) is 0.625. The average molecular weight is 195 g/mol. The van der Waals surface area contributed by atoms with E-state index in [-0.39, 0.29) is 11.9 Å². The quantitative estimate of drug-likeness (QED) is 0.622. The summed E-state index contributed by atoms with van der Waals surface area (Å²) in [4.78, 5) is 13.5. The third-order valence-corrected chi connectivity index (χ3v) is 2.33. The van der Waals surface area contributed by atoms with Crippen LogP contribution in [0.4, 0.5) is 0 Å². The molecule has 0 radical (unpaired) electrons. The Morgan fingerprint density at radius 1 is 1.71 bits per heavy atom. The summed E-state index contributed by atoms with van der Waals surface area (Å²) in [6.07, 6.45) is 2.48. The molecular weight excluding hydrogens is 182 g/mol. The Balaban J connectivity index is 2.09. The minimum absolute atomic E-state index is 0.0777. The van der Waals surface area contributed by atoms with Gasteiger partial charge >= 0.3 is 0 Å². The number of carbonyl (C=O) groups excluding carboxylic acids is 1. The van der Waals surface area contributed by atoms with Crippen LogP contribution in [0.1, 0.15) is 16.9 Å². The van der Waals surface area contributed by atoms with E-state index in [2.05, 4.69) is 10.3 Å². The first-order chi connectivity index (χ1) is 6.66. The van der Waals surface area contributed by atoms with Crippen LogP contribution in [-0.4, -0.2) is 44.9 Å². The molecule has 0 aromatic carbocycles. The fourth-order valence-corrected chi connectivity index (χ4v) is 1.58. The number of carbonyl (C=O) groups is 1. The van der Waals surface area contributed by atoms with Crippen molar-refractivity contribution in [3.05, 3.63) is 11.9 Å². The Kier molecular flexibility index (Phi) is 2.20. The first-order valence-corrected chi connectivity index (χ1v) is 4.58. The molecule has 0 aliphatic carbocycles. The zero-order valence-corrected chi connectivity index (χ0v) is 8.05. The second-order valence-electron chi connectivity index (χ2n) is 3.58. The minimum Gasteiger partial charge on any atom is -0.336 e. The average Bonchev–Trinajstić information content (AvgIpc) is 2.73. The van der Waals surface area contributed by atoms with Crippen molar-refractivity contribution in [3.63, 3.8) is 0 Å². The van der Waals surface area contributed by atoms with Crippen LogP contribution in [0.3, 0.4) is 0 Å². The Morgan fingerprint density at radius 2 is 2.50 bits per heavy atom. The number of aryl methyl sites for hydroxylation is 1. The Hall–Kier alpha value is -1.43. The van der Waals surface area contributed by atoms with E-state index in [4.69, 9.17) is 5.73 Å². The number of amides is 1. The molecule has 14 heavy (non-hydrogen) atoms. The van der Waals surface area contributed by atoms with E-state index in [0.717, 1.165) is 13.0 Å². The van der Waals surface area contributed by atoms with Crippen LogP contribution in [0.25, 0.3) is 0 Å². The number of likely N-dealkylation sites (tertiary alicyclic amines) is 1. The third kappa shape index (κ3) is 1.60. The molecule has 2 N–H and O–H groups in total. The van der Waals surface area contributed by atoms with Crippen LogP contribution in [0.5, 0.6) is 0 Å². The molecule has 0 bridgehead atoms. The van der Waals surface area contributed by atoms with Gasteiger partial charge in [0.1, 0.15) is 0 Å². The summed E-state index contributed by atoms with van der Waals surface area (Å²) in [6.45, 7) is 1.34. The summed E-state index contributed by atoms with van der Waals surface area (Å²) in [5.41, 5.74) is 6.10. The van der Waals surface area contributed by atoms with Gasteiger partial charge in [0, 0.05) is 26.2 Å². The van der Waals surface area contributed by atoms with Crippen molar-refractivity contribution in [1.82, 2.24) is 19.9 Å². The Labute approximate surface area is 81.7 Å². The van der Waals surface area contributed by atoms with E-state index in [1.165, 1.54) is 4.68 Å². The van der Waals surface area contributed by atoms with E-state index in [0.29, 0.717) is 12.2 Å². The molecule has 2 rings (SSSR count). The highest BCUT2D eigenvalue weighted by molar-refractivity contribution is 5.92. The molecule has 1 amide bonds. The topological polar surface area (TPSA) is 77.0 Å². The van der Waals surface area contributed by atoms with Gasteiger partial charge in [0.05, 0.1) is 6.20 Å². The van der Waals surface area contributed by atoms with Gasteiger partial charge in [0.25, 0.3) is 5.91 Å². The van der Waals surface area contributed by atoms with Gasteiger partial charge in [0.15, 0.2) is 5.69 Å². The molecule has 1 aromatic heterocycles. The summed E-state index contributed by atoms with van der Waals surface area (Å²) in [5, 5.41) is 7.48. The number of nitrogens with two attached hydrogens (primary N) is 1. The Morgan fingerprint density at radius 3 is 3.00 bits per heavy atom. The third-order valence-electron chi connectivity index (χ3n) is 2.33. The number of nitrogens with zero attached hydrogens (tertiary/aromatic N) is 4. The molecule has 2 heterocycles. The van der Waals surface area contributed by atoms with Crippen molar-refractivity contribution < 1.29 is 4.79 Å². The monoisotopic (exact) mass is 195 g/mol. The van der Waals surface area contributed by atoms with Crippen LogP contribution in [-0.2, 0) is 7.05 Å². The number of hydrogen-bond acceptors (Lipinski definition) is 4. The maximum absolute atomic E-state index is 11.8. The molecule has 6 heteroatoms. The second kappa shape index (κ2) is 3.38. The lowest BCUT2D eigenvalue weighted by Gasteiger charge is -2.13. The smallest absolute Gasteiger partial charge is 0.276 e. The summed E-state index contributed by atoms with van der Waals surface area (Å²) < 4.78 is 1.52. The van der Waals surface area contributed by atoms with E-state index in [1.54, 1.807) is 18.1 Å². The zero-order chi connectivity index (χ0) is 10.1. The van der Waals surface area contributed by atoms with Crippen molar-refractivity contribution >= 4 is 5.91 Å². The maximum Gasteiger partial charge on any atom is 0.276 e. The predicted octanol–water partition coefficient (Wildman–Crippen LogP) is -1.01. The zero-order valence-electron chi connectivity index (χ0n) is 8.05. The van der Waals surface area contributed by atoms with Crippen LogP contribution in [0, 0.1) is 0 Å². The molecule has 0 unspecified atom stereocenters. The first-order valence-electron chi connectivity index (χ1n) is 4.58. The predicted molar refractivity (Wildman–Crippen MR) is 49.5 cm³/mol. The molecule has 1 fully saturated rings. The molecule has 0 saturated carbocycles.